The lowest BCUT2D eigenvalue weighted by atomic mass is 9.66. The summed E-state index contributed by atoms with van der Waals surface area (Å²) in [4.78, 5) is 2.56. The first-order valence-corrected chi connectivity index (χ1v) is 14.0. The summed E-state index contributed by atoms with van der Waals surface area (Å²) in [7, 11) is 2.13. The zero-order valence-corrected chi connectivity index (χ0v) is 22.8. The lowest BCUT2D eigenvalue weighted by Gasteiger charge is -2.45. The SMILES string of the molecule is Cc1cc2cc(N3CCC4(CC(OCc5c(-c6c(Cl)cccc6Cl)noc5C5CC5)C4)C3)ccc2n1C. The van der Waals surface area contributed by atoms with Gasteiger partial charge in [0.05, 0.1) is 22.8 Å². The maximum atomic E-state index is 6.52. The van der Waals surface area contributed by atoms with Crippen LogP contribution in [0.4, 0.5) is 5.69 Å². The summed E-state index contributed by atoms with van der Waals surface area (Å²) >= 11 is 13.0. The van der Waals surface area contributed by atoms with Crippen molar-refractivity contribution in [3.63, 3.8) is 0 Å². The van der Waals surface area contributed by atoms with E-state index in [2.05, 4.69) is 52.9 Å². The second-order valence-corrected chi connectivity index (χ2v) is 12.2. The molecular weight excluding hydrogens is 505 g/mol. The zero-order valence-electron chi connectivity index (χ0n) is 21.3. The van der Waals surface area contributed by atoms with Gasteiger partial charge in [-0.3, -0.25) is 0 Å². The van der Waals surface area contributed by atoms with Gasteiger partial charge in [-0.25, -0.2) is 0 Å². The summed E-state index contributed by atoms with van der Waals surface area (Å²) in [6.45, 7) is 4.86. The molecule has 7 heteroatoms. The first-order valence-electron chi connectivity index (χ1n) is 13.3. The highest BCUT2D eigenvalue weighted by atomic mass is 35.5. The van der Waals surface area contributed by atoms with Crippen molar-refractivity contribution in [3.8, 4) is 11.3 Å². The van der Waals surface area contributed by atoms with Crippen molar-refractivity contribution in [1.29, 1.82) is 0 Å². The summed E-state index contributed by atoms with van der Waals surface area (Å²) in [6.07, 6.45) is 5.95. The van der Waals surface area contributed by atoms with Crippen LogP contribution < -0.4 is 4.90 Å². The largest absolute Gasteiger partial charge is 0.373 e. The summed E-state index contributed by atoms with van der Waals surface area (Å²) in [5.41, 5.74) is 6.75. The van der Waals surface area contributed by atoms with Crippen LogP contribution in [0.25, 0.3) is 22.2 Å². The Morgan fingerprint density at radius 3 is 2.65 bits per heavy atom. The predicted molar refractivity (Wildman–Crippen MR) is 149 cm³/mol. The second-order valence-electron chi connectivity index (χ2n) is 11.3. The molecule has 1 spiro atoms. The second kappa shape index (κ2) is 8.79. The minimum absolute atomic E-state index is 0.260. The van der Waals surface area contributed by atoms with E-state index in [1.165, 1.54) is 28.7 Å². The van der Waals surface area contributed by atoms with Crippen molar-refractivity contribution in [1.82, 2.24) is 9.72 Å². The highest BCUT2D eigenvalue weighted by Crippen LogP contribution is 2.51. The van der Waals surface area contributed by atoms with Crippen LogP contribution in [-0.2, 0) is 18.4 Å². The summed E-state index contributed by atoms with van der Waals surface area (Å²) in [5, 5.41) is 6.89. The van der Waals surface area contributed by atoms with Gasteiger partial charge < -0.3 is 18.7 Å². The van der Waals surface area contributed by atoms with E-state index in [0.717, 1.165) is 61.4 Å². The molecule has 192 valence electrons. The summed E-state index contributed by atoms with van der Waals surface area (Å²) in [5.74, 6) is 1.38. The van der Waals surface area contributed by atoms with Crippen LogP contribution >= 0.6 is 23.2 Å². The Labute approximate surface area is 227 Å². The van der Waals surface area contributed by atoms with Gasteiger partial charge in [0, 0.05) is 59.5 Å². The fourth-order valence-corrected chi connectivity index (χ4v) is 7.01. The fourth-order valence-electron chi connectivity index (χ4n) is 6.43. The number of halogens is 2. The molecule has 5 nitrogen and oxygen atoms in total. The average Bonchev–Trinajstić information content (AvgIpc) is 3.35. The molecule has 0 bridgehead atoms. The summed E-state index contributed by atoms with van der Waals surface area (Å²) in [6, 6.07) is 14.7. The molecular formula is C30H31Cl2N3O2. The normalized spacial score (nSPS) is 23.4. The van der Waals surface area contributed by atoms with Crippen LogP contribution in [0, 0.1) is 12.3 Å². The highest BCUT2D eigenvalue weighted by molar-refractivity contribution is 6.39. The van der Waals surface area contributed by atoms with Crippen LogP contribution in [0.2, 0.25) is 10.0 Å². The summed E-state index contributed by atoms with van der Waals surface area (Å²) < 4.78 is 14.5. The number of hydrogen-bond acceptors (Lipinski definition) is 4. The van der Waals surface area contributed by atoms with Gasteiger partial charge in [0.15, 0.2) is 0 Å². The number of rotatable bonds is 6. The Balaban J connectivity index is 1.03. The van der Waals surface area contributed by atoms with E-state index >= 15 is 0 Å². The minimum Gasteiger partial charge on any atom is -0.373 e. The first kappa shape index (κ1) is 23.6. The van der Waals surface area contributed by atoms with Crippen LogP contribution in [0.5, 0.6) is 0 Å². The van der Waals surface area contributed by atoms with Gasteiger partial charge in [-0.15, -0.1) is 0 Å². The number of aromatic nitrogens is 2. The number of benzene rings is 2. The van der Waals surface area contributed by atoms with Gasteiger partial charge in [0.25, 0.3) is 0 Å². The lowest BCUT2D eigenvalue weighted by Crippen LogP contribution is -2.44. The monoisotopic (exact) mass is 535 g/mol. The Morgan fingerprint density at radius 2 is 1.89 bits per heavy atom. The van der Waals surface area contributed by atoms with Crippen molar-refractivity contribution < 1.29 is 9.26 Å². The molecule has 2 aromatic heterocycles. The molecule has 3 aliphatic rings. The Kier molecular flexibility index (Phi) is 5.62. The lowest BCUT2D eigenvalue weighted by molar-refractivity contribution is -0.0796. The molecule has 0 N–H and O–H groups in total. The molecule has 2 saturated carbocycles. The quantitative estimate of drug-likeness (QED) is 0.251. The van der Waals surface area contributed by atoms with E-state index in [0.29, 0.717) is 28.0 Å². The van der Waals surface area contributed by atoms with E-state index in [-0.39, 0.29) is 6.10 Å². The van der Waals surface area contributed by atoms with Gasteiger partial charge in [-0.05, 0) is 80.8 Å². The fraction of sp³-hybridized carbons (Fsp3) is 0.433. The number of anilines is 1. The molecule has 2 aliphatic carbocycles. The van der Waals surface area contributed by atoms with Gasteiger partial charge in [0.1, 0.15) is 11.5 Å². The van der Waals surface area contributed by atoms with Crippen LogP contribution in [0.1, 0.15) is 55.0 Å². The molecule has 0 amide bonds. The maximum absolute atomic E-state index is 6.52. The van der Waals surface area contributed by atoms with Crippen LogP contribution in [0.3, 0.4) is 0 Å². The van der Waals surface area contributed by atoms with Crippen molar-refractivity contribution in [2.75, 3.05) is 18.0 Å². The van der Waals surface area contributed by atoms with Crippen molar-refractivity contribution in [2.45, 2.75) is 57.7 Å². The van der Waals surface area contributed by atoms with E-state index in [1.54, 1.807) is 0 Å². The number of hydrogen-bond donors (Lipinski definition) is 0. The topological polar surface area (TPSA) is 43.4 Å². The van der Waals surface area contributed by atoms with Gasteiger partial charge in [0.2, 0.25) is 0 Å². The molecule has 2 aromatic carbocycles. The van der Waals surface area contributed by atoms with E-state index < -0.39 is 0 Å². The van der Waals surface area contributed by atoms with Gasteiger partial charge in [-0.1, -0.05) is 34.4 Å². The molecule has 3 fully saturated rings. The Hall–Kier alpha value is -2.47. The van der Waals surface area contributed by atoms with E-state index in [9.17, 15) is 0 Å². The van der Waals surface area contributed by atoms with E-state index in [1.807, 2.05) is 18.2 Å². The van der Waals surface area contributed by atoms with Gasteiger partial charge in [-0.2, -0.15) is 0 Å². The average molecular weight is 537 g/mol. The number of ether oxygens (including phenoxy) is 1. The molecule has 4 aromatic rings. The molecule has 1 aliphatic heterocycles. The number of aryl methyl sites for hydroxylation is 2. The molecule has 37 heavy (non-hydrogen) atoms. The number of nitrogens with zero attached hydrogens (tertiary/aromatic N) is 3. The van der Waals surface area contributed by atoms with Gasteiger partial charge >= 0.3 is 0 Å². The molecule has 1 saturated heterocycles. The third kappa shape index (κ3) is 4.07. The van der Waals surface area contributed by atoms with Crippen LogP contribution in [-0.4, -0.2) is 28.9 Å². The van der Waals surface area contributed by atoms with Crippen molar-refractivity contribution >= 4 is 39.8 Å². The maximum Gasteiger partial charge on any atom is 0.145 e. The standard InChI is InChI=1S/C30H31Cl2N3O2/c1-18-12-20-13-21(8-9-26(20)34(18)2)35-11-10-30(17-35)14-22(15-30)36-16-23-28(33-37-29(23)19-6-7-19)27-24(31)4-3-5-25(27)32/h3-5,8-9,12-13,19,22H,6-7,10-11,14-17H2,1-2H3. The smallest absolute Gasteiger partial charge is 0.145 e. The van der Waals surface area contributed by atoms with Crippen LogP contribution in [0.15, 0.2) is 47.0 Å². The van der Waals surface area contributed by atoms with E-state index in [4.69, 9.17) is 32.5 Å². The molecule has 3 heterocycles. The molecule has 0 radical (unpaired) electrons. The molecule has 0 atom stereocenters. The highest BCUT2D eigenvalue weighted by Gasteiger charge is 2.49. The molecule has 7 rings (SSSR count). The third-order valence-corrected chi connectivity index (χ3v) is 9.45. The minimum atomic E-state index is 0.260. The number of fused-ring (bicyclic) bond motifs is 1. The van der Waals surface area contributed by atoms with Crippen molar-refractivity contribution in [3.05, 3.63) is 69.5 Å². The predicted octanol–water partition coefficient (Wildman–Crippen LogP) is 7.90. The third-order valence-electron chi connectivity index (χ3n) is 8.82. The van der Waals surface area contributed by atoms with Crippen molar-refractivity contribution in [2.24, 2.45) is 12.5 Å². The zero-order chi connectivity index (χ0) is 25.3. The molecule has 0 unspecified atom stereocenters. The Morgan fingerprint density at radius 1 is 1.11 bits per heavy atom. The first-order chi connectivity index (χ1) is 17.9. The Bertz CT molecular complexity index is 1480.